The van der Waals surface area contributed by atoms with E-state index in [4.69, 9.17) is 4.74 Å². The maximum atomic E-state index is 12.8. The summed E-state index contributed by atoms with van der Waals surface area (Å²) >= 11 is -0.377. The molecule has 19 heavy (non-hydrogen) atoms. The van der Waals surface area contributed by atoms with Crippen molar-refractivity contribution < 1.29 is 27.1 Å². The zero-order chi connectivity index (χ0) is 14.2. The molecule has 1 aromatic rings. The summed E-state index contributed by atoms with van der Waals surface area (Å²) in [6.07, 6.45) is -1.13. The highest BCUT2D eigenvalue weighted by Gasteiger charge is 2.41. The fourth-order valence-corrected chi connectivity index (χ4v) is 2.43. The molecule has 0 radical (unpaired) electrons. The summed E-state index contributed by atoms with van der Waals surface area (Å²) in [6, 6.07) is 4.80. The molecule has 0 aliphatic carbocycles. The molecule has 0 fully saturated rings. The van der Waals surface area contributed by atoms with Gasteiger partial charge in [-0.3, -0.25) is 0 Å². The Morgan fingerprint density at radius 1 is 1.21 bits per heavy atom. The molecule has 7 heteroatoms. The van der Waals surface area contributed by atoms with Crippen molar-refractivity contribution in [1.29, 1.82) is 0 Å². The normalized spacial score (nSPS) is 19.8. The molecule has 0 saturated carbocycles. The molecule has 0 bridgehead atoms. The first-order valence-corrected chi connectivity index (χ1v) is 6.02. The second kappa shape index (κ2) is 4.88. The van der Waals surface area contributed by atoms with E-state index >= 15 is 0 Å². The number of thioether (sulfide) groups is 1. The van der Waals surface area contributed by atoms with Crippen molar-refractivity contribution in [2.24, 2.45) is 0 Å². The highest BCUT2D eigenvalue weighted by Crippen LogP contribution is 2.48. The first-order valence-electron chi connectivity index (χ1n) is 5.21. The van der Waals surface area contributed by atoms with Crippen LogP contribution in [-0.4, -0.2) is 11.5 Å². The quantitative estimate of drug-likeness (QED) is 0.610. The molecule has 0 amide bonds. The number of carbonyl (C=O) groups excluding carboxylic acids is 1. The lowest BCUT2D eigenvalue weighted by Gasteiger charge is -2.15. The molecular formula is C12H8F4O2S. The van der Waals surface area contributed by atoms with Crippen LogP contribution in [0.3, 0.4) is 0 Å². The summed E-state index contributed by atoms with van der Waals surface area (Å²) in [4.78, 5) is 11.2. The molecule has 1 heterocycles. The van der Waals surface area contributed by atoms with Gasteiger partial charge in [-0.2, -0.15) is 13.2 Å². The number of hydrogen-bond donors (Lipinski definition) is 0. The van der Waals surface area contributed by atoms with Gasteiger partial charge in [0.2, 0.25) is 0 Å². The molecule has 0 saturated heterocycles. The Morgan fingerprint density at radius 2 is 1.79 bits per heavy atom. The van der Waals surface area contributed by atoms with Crippen molar-refractivity contribution in [3.63, 3.8) is 0 Å². The van der Waals surface area contributed by atoms with Gasteiger partial charge in [-0.15, -0.1) is 0 Å². The first kappa shape index (κ1) is 13.9. The van der Waals surface area contributed by atoms with Crippen LogP contribution < -0.4 is 0 Å². The van der Waals surface area contributed by atoms with E-state index in [-0.39, 0.29) is 22.2 Å². The Kier molecular flexibility index (Phi) is 3.58. The van der Waals surface area contributed by atoms with Crippen LogP contribution in [0.25, 0.3) is 0 Å². The van der Waals surface area contributed by atoms with E-state index in [1.165, 1.54) is 19.1 Å². The minimum absolute atomic E-state index is 0.0725. The van der Waals surface area contributed by atoms with Crippen LogP contribution in [0.5, 0.6) is 0 Å². The molecule has 0 N–H and O–H groups in total. The lowest BCUT2D eigenvalue weighted by Crippen LogP contribution is -2.06. The second-order valence-electron chi connectivity index (χ2n) is 3.87. The van der Waals surface area contributed by atoms with Crippen LogP contribution >= 0.6 is 11.8 Å². The lowest BCUT2D eigenvalue weighted by atomic mass is 10.1. The fraction of sp³-hybridized carbons (Fsp3) is 0.250. The summed E-state index contributed by atoms with van der Waals surface area (Å²) in [7, 11) is 0. The molecule has 2 nitrogen and oxygen atoms in total. The van der Waals surface area contributed by atoms with Gasteiger partial charge in [-0.05, 0) is 36.4 Å². The van der Waals surface area contributed by atoms with Crippen LogP contribution in [-0.2, 0) is 9.53 Å². The monoisotopic (exact) mass is 292 g/mol. The van der Waals surface area contributed by atoms with Crippen molar-refractivity contribution >= 4 is 17.7 Å². The van der Waals surface area contributed by atoms with Crippen LogP contribution in [0.4, 0.5) is 17.6 Å². The Balaban J connectivity index is 2.35. The Bertz CT molecular complexity index is 534. The third kappa shape index (κ3) is 3.09. The summed E-state index contributed by atoms with van der Waals surface area (Å²) in [5.41, 5.74) is -4.28. The minimum atomic E-state index is -4.51. The predicted molar refractivity (Wildman–Crippen MR) is 61.6 cm³/mol. The molecule has 0 spiro atoms. The van der Waals surface area contributed by atoms with Gasteiger partial charge in [0.1, 0.15) is 5.82 Å². The van der Waals surface area contributed by atoms with E-state index in [9.17, 15) is 22.4 Å². The number of cyclic esters (lactones) is 1. The largest absolute Gasteiger partial charge is 0.449 e. The number of halogens is 4. The Morgan fingerprint density at radius 3 is 2.32 bits per heavy atom. The summed E-state index contributed by atoms with van der Waals surface area (Å²) < 4.78 is 55.1. The van der Waals surface area contributed by atoms with Gasteiger partial charge in [0.15, 0.2) is 6.10 Å². The number of carbonyl (C=O) groups is 1. The number of hydrogen-bond acceptors (Lipinski definition) is 3. The molecule has 1 aliphatic rings. The third-order valence-corrected chi connectivity index (χ3v) is 3.51. The van der Waals surface area contributed by atoms with Crippen LogP contribution in [0.15, 0.2) is 34.7 Å². The SMILES string of the molecule is CC1=C(SC(F)(F)F)C(c2ccc(F)cc2)OC1=O. The van der Waals surface area contributed by atoms with E-state index in [0.717, 1.165) is 12.1 Å². The van der Waals surface area contributed by atoms with E-state index in [0.29, 0.717) is 5.56 Å². The molecule has 0 aromatic heterocycles. The van der Waals surface area contributed by atoms with Crippen molar-refractivity contribution in [3.05, 3.63) is 46.1 Å². The van der Waals surface area contributed by atoms with E-state index in [2.05, 4.69) is 0 Å². The Labute approximate surface area is 110 Å². The number of esters is 1. The lowest BCUT2D eigenvalue weighted by molar-refractivity contribution is -0.139. The van der Waals surface area contributed by atoms with Crippen molar-refractivity contribution in [2.45, 2.75) is 18.5 Å². The van der Waals surface area contributed by atoms with E-state index < -0.39 is 23.4 Å². The molecule has 1 aliphatic heterocycles. The summed E-state index contributed by atoms with van der Waals surface area (Å²) in [5, 5.41) is 0. The third-order valence-electron chi connectivity index (χ3n) is 2.54. The topological polar surface area (TPSA) is 26.3 Å². The summed E-state index contributed by atoms with van der Waals surface area (Å²) in [5.74, 6) is -1.31. The van der Waals surface area contributed by atoms with Crippen LogP contribution in [0.2, 0.25) is 0 Å². The van der Waals surface area contributed by atoms with Gasteiger partial charge in [0.25, 0.3) is 0 Å². The van der Waals surface area contributed by atoms with Gasteiger partial charge < -0.3 is 4.74 Å². The molecule has 1 atom stereocenters. The molecule has 1 aromatic carbocycles. The van der Waals surface area contributed by atoms with Gasteiger partial charge in [0, 0.05) is 10.5 Å². The van der Waals surface area contributed by atoms with E-state index in [1.54, 1.807) is 0 Å². The van der Waals surface area contributed by atoms with Crippen LogP contribution in [0, 0.1) is 5.82 Å². The Hall–Kier alpha value is -1.50. The van der Waals surface area contributed by atoms with Gasteiger partial charge in [0.05, 0.1) is 0 Å². The average molecular weight is 292 g/mol. The number of ether oxygens (including phenoxy) is 1. The predicted octanol–water partition coefficient (Wildman–Crippen LogP) is 3.95. The summed E-state index contributed by atoms with van der Waals surface area (Å²) in [6.45, 7) is 1.28. The maximum absolute atomic E-state index is 12.8. The molecule has 102 valence electrons. The minimum Gasteiger partial charge on any atom is -0.449 e. The first-order chi connectivity index (χ1) is 8.78. The zero-order valence-electron chi connectivity index (χ0n) is 9.62. The molecular weight excluding hydrogens is 284 g/mol. The van der Waals surface area contributed by atoms with Crippen molar-refractivity contribution in [2.75, 3.05) is 0 Å². The number of alkyl halides is 3. The number of benzene rings is 1. The molecule has 1 unspecified atom stereocenters. The fourth-order valence-electron chi connectivity index (χ4n) is 1.66. The standard InChI is InChI=1S/C12H8F4O2S/c1-6-10(19-12(14,15)16)9(18-11(6)17)7-2-4-8(13)5-3-7/h2-5,9H,1H3. The van der Waals surface area contributed by atoms with Gasteiger partial charge in [-0.1, -0.05) is 12.1 Å². The van der Waals surface area contributed by atoms with Gasteiger partial charge >= 0.3 is 11.5 Å². The van der Waals surface area contributed by atoms with Crippen LogP contribution in [0.1, 0.15) is 18.6 Å². The van der Waals surface area contributed by atoms with Crippen molar-refractivity contribution in [3.8, 4) is 0 Å². The highest BCUT2D eigenvalue weighted by atomic mass is 32.2. The highest BCUT2D eigenvalue weighted by molar-refractivity contribution is 8.04. The smallest absolute Gasteiger partial charge is 0.446 e. The zero-order valence-corrected chi connectivity index (χ0v) is 10.4. The van der Waals surface area contributed by atoms with Crippen molar-refractivity contribution in [1.82, 2.24) is 0 Å². The van der Waals surface area contributed by atoms with Gasteiger partial charge in [-0.25, -0.2) is 9.18 Å². The average Bonchev–Trinajstić information content (AvgIpc) is 2.57. The van der Waals surface area contributed by atoms with E-state index in [1.807, 2.05) is 0 Å². The molecule has 2 rings (SSSR count). The second-order valence-corrected chi connectivity index (χ2v) is 4.98. The number of rotatable bonds is 2. The maximum Gasteiger partial charge on any atom is 0.446 e.